The fourth-order valence-electron chi connectivity index (χ4n) is 3.19. The molecule has 2 heterocycles. The van der Waals surface area contributed by atoms with Crippen molar-refractivity contribution in [3.63, 3.8) is 0 Å². The summed E-state index contributed by atoms with van der Waals surface area (Å²) in [5.41, 5.74) is 1.47. The molecule has 0 radical (unpaired) electrons. The number of benzene rings is 2. The first-order chi connectivity index (χ1) is 13.4. The zero-order chi connectivity index (χ0) is 20.9. The number of aromatic nitrogens is 2. The van der Waals surface area contributed by atoms with E-state index < -0.39 is 20.9 Å². The summed E-state index contributed by atoms with van der Waals surface area (Å²) in [5.74, 6) is -1.14. The number of carbonyl (C=O) groups excluding carboxylic acids is 1. The van der Waals surface area contributed by atoms with Crippen LogP contribution in [0.15, 0.2) is 59.6 Å². The predicted molar refractivity (Wildman–Crippen MR) is 98.0 cm³/mol. The van der Waals surface area contributed by atoms with Crippen LogP contribution >= 0.6 is 10.2 Å². The molecule has 4 rings (SSSR count). The maximum atomic E-state index is 13.2. The van der Waals surface area contributed by atoms with Gasteiger partial charge in [0.2, 0.25) is 5.91 Å². The quantitative estimate of drug-likeness (QED) is 0.474. The summed E-state index contributed by atoms with van der Waals surface area (Å²) in [6, 6.07) is 9.05. The summed E-state index contributed by atoms with van der Waals surface area (Å²) in [6.07, 6.45) is 1.81. The van der Waals surface area contributed by atoms with Crippen molar-refractivity contribution in [3.8, 4) is 11.5 Å². The Morgan fingerprint density at radius 2 is 1.69 bits per heavy atom. The van der Waals surface area contributed by atoms with E-state index in [1.54, 1.807) is 18.3 Å². The van der Waals surface area contributed by atoms with E-state index in [4.69, 9.17) is 4.74 Å². The molecule has 0 spiro atoms. The summed E-state index contributed by atoms with van der Waals surface area (Å²) in [4.78, 5) is 9.76. The number of H-pyrrole nitrogens is 1. The number of amides is 1. The van der Waals surface area contributed by atoms with Gasteiger partial charge in [-0.1, -0.05) is 43.7 Å². The van der Waals surface area contributed by atoms with Crippen LogP contribution < -0.4 is 10.1 Å². The summed E-state index contributed by atoms with van der Waals surface area (Å²) in [6.45, 7) is 0. The molecule has 0 saturated heterocycles. The molecule has 3 aromatic rings. The van der Waals surface area contributed by atoms with Gasteiger partial charge >= 0.3 is 10.2 Å². The average molecular weight is 431 g/mol. The van der Waals surface area contributed by atoms with Crippen LogP contribution in [0.2, 0.25) is 0 Å². The normalized spacial score (nSPS) is 18.9. The molecular weight excluding hydrogens is 417 g/mol. The number of para-hydroxylation sites is 1. The molecule has 1 aromatic heterocycles. The molecule has 154 valence electrons. The zero-order valence-corrected chi connectivity index (χ0v) is 15.4. The summed E-state index contributed by atoms with van der Waals surface area (Å²) >= 11 is 0. The van der Waals surface area contributed by atoms with Crippen LogP contribution in [-0.4, -0.2) is 16.1 Å². The smallest absolute Gasteiger partial charge is 0.313 e. The number of nitrogens with one attached hydrogen (secondary N) is 2. The monoisotopic (exact) mass is 431 g/mol. The van der Waals surface area contributed by atoms with Crippen molar-refractivity contribution in [1.82, 2.24) is 10.2 Å². The van der Waals surface area contributed by atoms with Crippen molar-refractivity contribution in [1.29, 1.82) is 0 Å². The molecule has 1 amide bonds. The molecule has 0 saturated carbocycles. The van der Waals surface area contributed by atoms with Crippen LogP contribution in [0.5, 0.6) is 11.5 Å². The van der Waals surface area contributed by atoms with E-state index in [-0.39, 0.29) is 24.0 Å². The van der Waals surface area contributed by atoms with E-state index in [9.17, 15) is 24.2 Å². The molecule has 1 aliphatic rings. The van der Waals surface area contributed by atoms with Crippen molar-refractivity contribution < 1.29 is 29.0 Å². The number of anilines is 1. The highest BCUT2D eigenvalue weighted by Crippen LogP contribution is 3.03. The van der Waals surface area contributed by atoms with Gasteiger partial charge in [0.25, 0.3) is 0 Å². The summed E-state index contributed by atoms with van der Waals surface area (Å²) < 4.78 is 71.3. The van der Waals surface area contributed by atoms with E-state index in [0.717, 1.165) is 17.7 Å². The van der Waals surface area contributed by atoms with E-state index >= 15 is 0 Å². The third-order valence-electron chi connectivity index (χ3n) is 4.47. The molecule has 11 heteroatoms. The van der Waals surface area contributed by atoms with Gasteiger partial charge in [-0.15, -0.1) is 0 Å². The van der Waals surface area contributed by atoms with E-state index in [1.165, 1.54) is 18.2 Å². The third kappa shape index (κ3) is 3.90. The molecule has 0 aliphatic carbocycles. The molecule has 0 bridgehead atoms. The second-order valence-corrected chi connectivity index (χ2v) is 8.96. The highest BCUT2D eigenvalue weighted by atomic mass is 32.5. The Morgan fingerprint density at radius 3 is 2.38 bits per heavy atom. The highest BCUT2D eigenvalue weighted by Gasteiger charge is 2.67. The lowest BCUT2D eigenvalue weighted by atomic mass is 9.87. The fraction of sp³-hybridized carbons (Fsp3) is 0.111. The molecule has 1 unspecified atom stereocenters. The number of hydrogen-bond acceptors (Lipinski definition) is 3. The fourth-order valence-corrected chi connectivity index (χ4v) is 4.01. The topological polar surface area (TPSA) is 67.0 Å². The molecule has 1 aliphatic heterocycles. The van der Waals surface area contributed by atoms with Gasteiger partial charge in [0.1, 0.15) is 16.4 Å². The Hall–Kier alpha value is -3.08. The molecule has 5 nitrogen and oxygen atoms in total. The Labute approximate surface area is 161 Å². The Bertz CT molecular complexity index is 1100. The second-order valence-electron chi connectivity index (χ2n) is 6.58. The van der Waals surface area contributed by atoms with E-state index in [0.29, 0.717) is 17.4 Å². The molecule has 1 atom stereocenters. The third-order valence-corrected chi connectivity index (χ3v) is 5.64. The van der Waals surface area contributed by atoms with Crippen LogP contribution in [0.1, 0.15) is 23.5 Å². The SMILES string of the molecule is O=C1CC(c2ccc(Oc3ccccc3S(F)(F)(F)(F)F)cc2)c2c[nH]nc2N1. The number of nitrogens with zero attached hydrogens (tertiary/aromatic N) is 1. The molecule has 2 N–H and O–H groups in total. The summed E-state index contributed by atoms with van der Waals surface area (Å²) in [7, 11) is -9.91. The van der Waals surface area contributed by atoms with Crippen LogP contribution in [0.3, 0.4) is 0 Å². The van der Waals surface area contributed by atoms with Crippen LogP contribution in [0.25, 0.3) is 0 Å². The number of fused-ring (bicyclic) bond motifs is 1. The lowest BCUT2D eigenvalue weighted by Crippen LogP contribution is -2.22. The van der Waals surface area contributed by atoms with Crippen LogP contribution in [0, 0.1) is 0 Å². The first-order valence-electron chi connectivity index (χ1n) is 8.35. The molecule has 2 aromatic carbocycles. The van der Waals surface area contributed by atoms with Gasteiger partial charge in [0.15, 0.2) is 5.82 Å². The van der Waals surface area contributed by atoms with Gasteiger partial charge < -0.3 is 10.1 Å². The van der Waals surface area contributed by atoms with Gasteiger partial charge in [-0.2, -0.15) is 5.10 Å². The van der Waals surface area contributed by atoms with Crippen LogP contribution in [-0.2, 0) is 4.79 Å². The Balaban J connectivity index is 1.63. The van der Waals surface area contributed by atoms with Gasteiger partial charge in [-0.25, -0.2) is 0 Å². The van der Waals surface area contributed by atoms with Crippen molar-refractivity contribution >= 4 is 21.9 Å². The highest BCUT2D eigenvalue weighted by molar-refractivity contribution is 8.45. The first kappa shape index (κ1) is 19.2. The van der Waals surface area contributed by atoms with Crippen molar-refractivity contribution in [3.05, 3.63) is 65.9 Å². The van der Waals surface area contributed by atoms with Crippen molar-refractivity contribution in [2.24, 2.45) is 0 Å². The van der Waals surface area contributed by atoms with Gasteiger partial charge in [0.05, 0.1) is 0 Å². The maximum Gasteiger partial charge on any atom is 0.313 e. The number of ether oxygens (including phenoxy) is 1. The Kier molecular flexibility index (Phi) is 3.80. The molecule has 29 heavy (non-hydrogen) atoms. The second kappa shape index (κ2) is 5.72. The van der Waals surface area contributed by atoms with Crippen LogP contribution in [0.4, 0.5) is 25.2 Å². The minimum atomic E-state index is -9.91. The predicted octanol–water partition coefficient (Wildman–Crippen LogP) is 6.33. The standard InChI is InChI=1S/C18H14F5N3O2S/c19-29(20,21,22,23)16-4-2-1-3-15(16)28-12-7-5-11(6-8-12)13-9-17(27)25-18-14(13)10-24-26-18/h1-8,10,13H,9H2,(H2,24,25,26,27). The minimum absolute atomic E-state index is 0.0456. The van der Waals surface area contributed by atoms with Gasteiger partial charge in [-0.05, 0) is 29.8 Å². The van der Waals surface area contributed by atoms with Gasteiger partial charge in [-0.3, -0.25) is 9.89 Å². The number of hydrogen-bond donors (Lipinski definition) is 2. The van der Waals surface area contributed by atoms with Crippen molar-refractivity contribution in [2.75, 3.05) is 5.32 Å². The summed E-state index contributed by atoms with van der Waals surface area (Å²) in [5, 5.41) is 9.25. The Morgan fingerprint density at radius 1 is 1.00 bits per heavy atom. The number of carbonyl (C=O) groups is 1. The lowest BCUT2D eigenvalue weighted by Gasteiger charge is -2.41. The van der Waals surface area contributed by atoms with E-state index in [1.807, 2.05) is 0 Å². The zero-order valence-electron chi connectivity index (χ0n) is 14.5. The molecule has 0 fully saturated rings. The first-order valence-corrected chi connectivity index (χ1v) is 10.3. The molecular formula is C18H14F5N3O2S. The average Bonchev–Trinajstić information content (AvgIpc) is 3.08. The minimum Gasteiger partial charge on any atom is -0.456 e. The maximum absolute atomic E-state index is 13.2. The lowest BCUT2D eigenvalue weighted by molar-refractivity contribution is -0.116. The van der Waals surface area contributed by atoms with Crippen molar-refractivity contribution in [2.45, 2.75) is 17.2 Å². The number of rotatable bonds is 4. The van der Waals surface area contributed by atoms with Gasteiger partial charge in [0, 0.05) is 24.1 Å². The number of halogens is 5. The largest absolute Gasteiger partial charge is 0.456 e. The number of aromatic amines is 1. The van der Waals surface area contributed by atoms with E-state index in [2.05, 4.69) is 15.5 Å².